The molecule has 1 N–H and O–H groups in total. The van der Waals surface area contributed by atoms with Crippen LogP contribution in [0.25, 0.3) is 0 Å². The summed E-state index contributed by atoms with van der Waals surface area (Å²) in [6, 6.07) is 10.7. The first-order chi connectivity index (χ1) is 9.51. The number of methoxy groups -OCH3 is 1. The lowest BCUT2D eigenvalue weighted by molar-refractivity contribution is 0.407. The van der Waals surface area contributed by atoms with Crippen LogP contribution in [-0.4, -0.2) is 7.11 Å². The zero-order chi connectivity index (χ0) is 14.7. The summed E-state index contributed by atoms with van der Waals surface area (Å²) in [7, 11) is 1.65. The predicted molar refractivity (Wildman–Crippen MR) is 81.2 cm³/mol. The van der Waals surface area contributed by atoms with Gasteiger partial charge < -0.3 is 10.1 Å². The monoisotopic (exact) mass is 293 g/mol. The lowest BCUT2D eigenvalue weighted by Crippen LogP contribution is -2.08. The third-order valence-corrected chi connectivity index (χ3v) is 3.46. The summed E-state index contributed by atoms with van der Waals surface area (Å²) in [6.07, 6.45) is 0. The van der Waals surface area contributed by atoms with Crippen molar-refractivity contribution in [2.24, 2.45) is 0 Å². The van der Waals surface area contributed by atoms with Crippen LogP contribution in [0.15, 0.2) is 36.4 Å². The number of anilines is 1. The number of halogens is 2. The van der Waals surface area contributed by atoms with Crippen LogP contribution in [-0.2, 0) is 0 Å². The van der Waals surface area contributed by atoms with Crippen molar-refractivity contribution in [1.82, 2.24) is 0 Å². The highest BCUT2D eigenvalue weighted by Gasteiger charge is 2.12. The van der Waals surface area contributed by atoms with E-state index in [4.69, 9.17) is 16.3 Å². The molecule has 0 aliphatic carbocycles. The van der Waals surface area contributed by atoms with E-state index in [-0.39, 0.29) is 11.1 Å². The van der Waals surface area contributed by atoms with Gasteiger partial charge in [0.2, 0.25) is 0 Å². The number of aryl methyl sites for hydroxylation is 1. The fraction of sp³-hybridized carbons (Fsp3) is 0.250. The Labute approximate surface area is 123 Å². The van der Waals surface area contributed by atoms with Gasteiger partial charge >= 0.3 is 0 Å². The molecule has 2 nitrogen and oxygen atoms in total. The predicted octanol–water partition coefficient (Wildman–Crippen LogP) is 4.97. The summed E-state index contributed by atoms with van der Waals surface area (Å²) in [6.45, 7) is 4.01. The summed E-state index contributed by atoms with van der Waals surface area (Å²) >= 11 is 5.68. The van der Waals surface area contributed by atoms with E-state index < -0.39 is 5.82 Å². The van der Waals surface area contributed by atoms with E-state index in [1.807, 2.05) is 32.0 Å². The maximum Gasteiger partial charge on any atom is 0.143 e. The van der Waals surface area contributed by atoms with Gasteiger partial charge in [-0.2, -0.15) is 0 Å². The van der Waals surface area contributed by atoms with Crippen LogP contribution in [0, 0.1) is 12.7 Å². The number of hydrogen-bond acceptors (Lipinski definition) is 2. The van der Waals surface area contributed by atoms with E-state index in [0.29, 0.717) is 5.69 Å². The van der Waals surface area contributed by atoms with Gasteiger partial charge in [0.15, 0.2) is 0 Å². The van der Waals surface area contributed by atoms with Crippen LogP contribution >= 0.6 is 11.6 Å². The molecule has 0 aromatic heterocycles. The van der Waals surface area contributed by atoms with Crippen molar-refractivity contribution in [1.29, 1.82) is 0 Å². The molecule has 2 aromatic carbocycles. The zero-order valence-corrected chi connectivity index (χ0v) is 12.5. The first-order valence-electron chi connectivity index (χ1n) is 6.37. The van der Waals surface area contributed by atoms with E-state index >= 15 is 0 Å². The Balaban J connectivity index is 2.23. The molecule has 0 radical (unpaired) electrons. The minimum absolute atomic E-state index is 0.00822. The van der Waals surface area contributed by atoms with Gasteiger partial charge in [0.25, 0.3) is 0 Å². The summed E-state index contributed by atoms with van der Waals surface area (Å²) in [5.41, 5.74) is 2.84. The normalized spacial score (nSPS) is 12.1. The zero-order valence-electron chi connectivity index (χ0n) is 11.7. The lowest BCUT2D eigenvalue weighted by atomic mass is 10.0. The Morgan fingerprint density at radius 3 is 2.60 bits per heavy atom. The molecule has 0 amide bonds. The molecule has 0 aliphatic rings. The average Bonchev–Trinajstić information content (AvgIpc) is 2.42. The van der Waals surface area contributed by atoms with E-state index in [1.165, 1.54) is 12.1 Å². The van der Waals surface area contributed by atoms with E-state index in [9.17, 15) is 4.39 Å². The van der Waals surface area contributed by atoms with E-state index in [2.05, 4.69) is 5.32 Å². The molecule has 1 atom stereocenters. The third-order valence-electron chi connectivity index (χ3n) is 3.16. The fourth-order valence-corrected chi connectivity index (χ4v) is 2.21. The van der Waals surface area contributed by atoms with Crippen molar-refractivity contribution in [3.63, 3.8) is 0 Å². The van der Waals surface area contributed by atoms with Gasteiger partial charge in [0, 0.05) is 11.3 Å². The van der Waals surface area contributed by atoms with Gasteiger partial charge in [-0.05, 0) is 43.7 Å². The summed E-state index contributed by atoms with van der Waals surface area (Å²) in [4.78, 5) is 0. The topological polar surface area (TPSA) is 21.3 Å². The van der Waals surface area contributed by atoms with Crippen molar-refractivity contribution >= 4 is 17.3 Å². The Kier molecular flexibility index (Phi) is 4.50. The summed E-state index contributed by atoms with van der Waals surface area (Å²) < 4.78 is 18.8. The second kappa shape index (κ2) is 6.14. The van der Waals surface area contributed by atoms with Gasteiger partial charge in [0.05, 0.1) is 18.2 Å². The maximum atomic E-state index is 13.4. The van der Waals surface area contributed by atoms with Crippen LogP contribution in [0.5, 0.6) is 5.75 Å². The minimum Gasteiger partial charge on any atom is -0.496 e. The molecule has 1 unspecified atom stereocenters. The Morgan fingerprint density at radius 2 is 1.95 bits per heavy atom. The number of nitrogens with one attached hydrogen (secondary N) is 1. The van der Waals surface area contributed by atoms with Crippen LogP contribution in [0.4, 0.5) is 10.1 Å². The number of ether oxygens (including phenoxy) is 1. The SMILES string of the molecule is COc1cc(C)ccc1C(C)Nc1ccc(Cl)c(F)c1. The van der Waals surface area contributed by atoms with Gasteiger partial charge in [-0.1, -0.05) is 23.7 Å². The highest BCUT2D eigenvalue weighted by molar-refractivity contribution is 6.30. The van der Waals surface area contributed by atoms with Gasteiger partial charge in [-0.3, -0.25) is 0 Å². The molecule has 20 heavy (non-hydrogen) atoms. The largest absolute Gasteiger partial charge is 0.496 e. The first-order valence-corrected chi connectivity index (χ1v) is 6.75. The quantitative estimate of drug-likeness (QED) is 0.859. The Hall–Kier alpha value is -1.74. The molecule has 4 heteroatoms. The molecule has 0 saturated heterocycles. The second-order valence-corrected chi connectivity index (χ2v) is 5.15. The Morgan fingerprint density at radius 1 is 1.20 bits per heavy atom. The molecule has 0 saturated carbocycles. The van der Waals surface area contributed by atoms with Crippen molar-refractivity contribution < 1.29 is 9.13 Å². The second-order valence-electron chi connectivity index (χ2n) is 4.74. The van der Waals surface area contributed by atoms with Crippen LogP contribution in [0.2, 0.25) is 5.02 Å². The van der Waals surface area contributed by atoms with Crippen molar-refractivity contribution in [3.8, 4) is 5.75 Å². The lowest BCUT2D eigenvalue weighted by Gasteiger charge is -2.19. The van der Waals surface area contributed by atoms with Gasteiger partial charge in [0.1, 0.15) is 11.6 Å². The average molecular weight is 294 g/mol. The molecule has 106 valence electrons. The Bertz CT molecular complexity index is 615. The molecule has 0 spiro atoms. The third kappa shape index (κ3) is 3.23. The highest BCUT2D eigenvalue weighted by atomic mass is 35.5. The number of benzene rings is 2. The number of rotatable bonds is 4. The molecule has 2 rings (SSSR count). The van der Waals surface area contributed by atoms with Crippen molar-refractivity contribution in [2.45, 2.75) is 19.9 Å². The molecule has 0 fully saturated rings. The molecular formula is C16H17ClFNO. The standard InChI is InChI=1S/C16H17ClFNO/c1-10-4-6-13(16(8-10)20-3)11(2)19-12-5-7-14(17)15(18)9-12/h4-9,11,19H,1-3H3. The molecular weight excluding hydrogens is 277 g/mol. The van der Waals surface area contributed by atoms with E-state index in [1.54, 1.807) is 13.2 Å². The maximum absolute atomic E-state index is 13.4. The van der Waals surface area contributed by atoms with Crippen LogP contribution in [0.3, 0.4) is 0 Å². The number of hydrogen-bond donors (Lipinski definition) is 1. The molecule has 0 heterocycles. The summed E-state index contributed by atoms with van der Waals surface area (Å²) in [5.74, 6) is 0.388. The van der Waals surface area contributed by atoms with Crippen LogP contribution in [0.1, 0.15) is 24.1 Å². The summed E-state index contributed by atoms with van der Waals surface area (Å²) in [5, 5.41) is 3.36. The molecule has 0 bridgehead atoms. The van der Waals surface area contributed by atoms with Gasteiger partial charge in [-0.25, -0.2) is 4.39 Å². The fourth-order valence-electron chi connectivity index (χ4n) is 2.09. The molecule has 2 aromatic rings. The minimum atomic E-state index is -0.431. The smallest absolute Gasteiger partial charge is 0.143 e. The van der Waals surface area contributed by atoms with E-state index in [0.717, 1.165) is 16.9 Å². The highest BCUT2D eigenvalue weighted by Crippen LogP contribution is 2.29. The van der Waals surface area contributed by atoms with Crippen LogP contribution < -0.4 is 10.1 Å². The first kappa shape index (κ1) is 14.7. The van der Waals surface area contributed by atoms with Crippen molar-refractivity contribution in [3.05, 3.63) is 58.4 Å². The molecule has 0 aliphatic heterocycles. The van der Waals surface area contributed by atoms with Gasteiger partial charge in [-0.15, -0.1) is 0 Å². The van der Waals surface area contributed by atoms with Crippen molar-refractivity contribution in [2.75, 3.05) is 12.4 Å².